The van der Waals surface area contributed by atoms with Crippen molar-refractivity contribution in [2.45, 2.75) is 6.42 Å². The number of hydrogen-bond donors (Lipinski definition) is 3. The highest BCUT2D eigenvalue weighted by Gasteiger charge is 2.12. The van der Waals surface area contributed by atoms with Crippen LogP contribution in [0.1, 0.15) is 26.4 Å². The number of carbonyl (C=O) groups excluding carboxylic acids is 2. The van der Waals surface area contributed by atoms with Gasteiger partial charge in [-0.25, -0.2) is 5.48 Å². The highest BCUT2D eigenvalue weighted by atomic mass is 16.5. The molecule has 0 fully saturated rings. The van der Waals surface area contributed by atoms with Gasteiger partial charge < -0.3 is 9.88 Å². The Balaban J connectivity index is 1.60. The number of rotatable bonds is 5. The Morgan fingerprint density at radius 1 is 1.04 bits per heavy atom. The zero-order valence-electron chi connectivity index (χ0n) is 13.8. The summed E-state index contributed by atoms with van der Waals surface area (Å²) in [6.07, 6.45) is 0.650. The topological polar surface area (TPSA) is 83.4 Å². The van der Waals surface area contributed by atoms with Crippen molar-refractivity contribution in [3.8, 4) is 0 Å². The Bertz CT molecular complexity index is 913. The van der Waals surface area contributed by atoms with Crippen LogP contribution in [0.15, 0.2) is 54.6 Å². The van der Waals surface area contributed by atoms with Gasteiger partial charge in [-0.1, -0.05) is 30.3 Å². The summed E-state index contributed by atoms with van der Waals surface area (Å²) in [4.78, 5) is 23.7. The number of amides is 2. The van der Waals surface area contributed by atoms with Gasteiger partial charge in [0, 0.05) is 30.1 Å². The van der Waals surface area contributed by atoms with Gasteiger partial charge in [-0.2, -0.15) is 0 Å². The van der Waals surface area contributed by atoms with Gasteiger partial charge in [-0.3, -0.25) is 14.8 Å². The van der Waals surface area contributed by atoms with E-state index in [2.05, 4.69) is 5.32 Å². The summed E-state index contributed by atoms with van der Waals surface area (Å²) in [7, 11) is 1.88. The number of fused-ring (bicyclic) bond motifs is 1. The lowest BCUT2D eigenvalue weighted by molar-refractivity contribution is 0.0706. The fourth-order valence-corrected chi connectivity index (χ4v) is 2.81. The van der Waals surface area contributed by atoms with Gasteiger partial charge in [0.1, 0.15) is 5.69 Å². The van der Waals surface area contributed by atoms with E-state index in [1.807, 2.05) is 41.9 Å². The predicted octanol–water partition coefficient (Wildman–Crippen LogP) is 2.27. The summed E-state index contributed by atoms with van der Waals surface area (Å²) in [6, 6.07) is 16.6. The normalized spacial score (nSPS) is 10.6. The van der Waals surface area contributed by atoms with Gasteiger partial charge in [0.05, 0.1) is 0 Å². The molecule has 3 rings (SSSR count). The van der Waals surface area contributed by atoms with E-state index < -0.39 is 5.91 Å². The molecule has 0 saturated heterocycles. The smallest absolute Gasteiger partial charge is 0.274 e. The Kier molecular flexibility index (Phi) is 4.81. The average molecular weight is 337 g/mol. The summed E-state index contributed by atoms with van der Waals surface area (Å²) in [5.74, 6) is -0.661. The number of aryl methyl sites for hydroxylation is 1. The number of benzene rings is 2. The molecule has 0 unspecified atom stereocenters. The summed E-state index contributed by atoms with van der Waals surface area (Å²) >= 11 is 0. The summed E-state index contributed by atoms with van der Waals surface area (Å²) in [6.45, 7) is 0.492. The van der Waals surface area contributed by atoms with Gasteiger partial charge in [0.25, 0.3) is 11.8 Å². The van der Waals surface area contributed by atoms with Crippen molar-refractivity contribution < 1.29 is 14.8 Å². The molecule has 6 heteroatoms. The SMILES string of the molecule is Cn1c(C(=O)NCCc2ccc(C(=O)NO)cc2)cc2ccccc21. The minimum absolute atomic E-state index is 0.116. The Hall–Kier alpha value is -3.12. The van der Waals surface area contributed by atoms with Crippen LogP contribution in [0.5, 0.6) is 0 Å². The molecule has 3 N–H and O–H groups in total. The molecular formula is C19H19N3O3. The molecule has 0 saturated carbocycles. The van der Waals surface area contributed by atoms with Crippen LogP contribution in [-0.4, -0.2) is 28.1 Å². The second-order valence-corrected chi connectivity index (χ2v) is 5.79. The number of aromatic nitrogens is 1. The minimum atomic E-state index is -0.546. The molecule has 2 amide bonds. The Morgan fingerprint density at radius 3 is 2.44 bits per heavy atom. The number of hydrogen-bond acceptors (Lipinski definition) is 3. The van der Waals surface area contributed by atoms with Crippen LogP contribution in [0.2, 0.25) is 0 Å². The van der Waals surface area contributed by atoms with Crippen LogP contribution in [0.3, 0.4) is 0 Å². The van der Waals surface area contributed by atoms with Crippen LogP contribution in [0.4, 0.5) is 0 Å². The highest BCUT2D eigenvalue weighted by Crippen LogP contribution is 2.18. The molecule has 0 radical (unpaired) electrons. The van der Waals surface area contributed by atoms with Crippen molar-refractivity contribution in [2.75, 3.05) is 6.54 Å². The number of hydroxylamine groups is 1. The van der Waals surface area contributed by atoms with Gasteiger partial charge in [0.15, 0.2) is 0 Å². The zero-order valence-corrected chi connectivity index (χ0v) is 13.8. The number of nitrogens with one attached hydrogen (secondary N) is 2. The lowest BCUT2D eigenvalue weighted by Gasteiger charge is -2.07. The quantitative estimate of drug-likeness (QED) is 0.493. The van der Waals surface area contributed by atoms with E-state index in [-0.39, 0.29) is 5.91 Å². The van der Waals surface area contributed by atoms with E-state index in [4.69, 9.17) is 5.21 Å². The monoisotopic (exact) mass is 337 g/mol. The molecule has 0 aliphatic rings. The Morgan fingerprint density at radius 2 is 1.76 bits per heavy atom. The van der Waals surface area contributed by atoms with Crippen LogP contribution in [0.25, 0.3) is 10.9 Å². The van der Waals surface area contributed by atoms with Gasteiger partial charge in [0.2, 0.25) is 0 Å². The molecule has 0 aliphatic heterocycles. The molecule has 0 spiro atoms. The van der Waals surface area contributed by atoms with Crippen molar-refractivity contribution in [3.63, 3.8) is 0 Å². The first kappa shape index (κ1) is 16.7. The second-order valence-electron chi connectivity index (χ2n) is 5.79. The molecule has 0 bridgehead atoms. The number of para-hydroxylation sites is 1. The minimum Gasteiger partial charge on any atom is -0.350 e. The maximum Gasteiger partial charge on any atom is 0.274 e. The van der Waals surface area contributed by atoms with Crippen LogP contribution in [0, 0.1) is 0 Å². The molecule has 0 aliphatic carbocycles. The fraction of sp³-hybridized carbons (Fsp3) is 0.158. The third-order valence-corrected chi connectivity index (χ3v) is 4.20. The van der Waals surface area contributed by atoms with Crippen molar-refractivity contribution in [3.05, 3.63) is 71.4 Å². The fourth-order valence-electron chi connectivity index (χ4n) is 2.81. The van der Waals surface area contributed by atoms with Gasteiger partial charge in [-0.05, 0) is 36.2 Å². The first-order valence-electron chi connectivity index (χ1n) is 7.96. The molecular weight excluding hydrogens is 318 g/mol. The summed E-state index contributed by atoms with van der Waals surface area (Å²) in [5.41, 5.74) is 4.61. The standard InChI is InChI=1S/C19H19N3O3/c1-22-16-5-3-2-4-15(16)12-17(22)19(24)20-11-10-13-6-8-14(9-7-13)18(23)21-25/h2-9,12,25H,10-11H2,1H3,(H,20,24)(H,21,23). The van der Waals surface area contributed by atoms with Crippen molar-refractivity contribution in [1.82, 2.24) is 15.4 Å². The largest absolute Gasteiger partial charge is 0.350 e. The maximum atomic E-state index is 12.4. The average Bonchev–Trinajstić information content (AvgIpc) is 2.99. The third kappa shape index (κ3) is 3.54. The van der Waals surface area contributed by atoms with Crippen molar-refractivity contribution in [1.29, 1.82) is 0 Å². The molecule has 2 aromatic carbocycles. The van der Waals surface area contributed by atoms with Crippen LogP contribution < -0.4 is 10.8 Å². The van der Waals surface area contributed by atoms with E-state index in [1.54, 1.807) is 29.7 Å². The molecule has 0 atom stereocenters. The lowest BCUT2D eigenvalue weighted by atomic mass is 10.1. The van der Waals surface area contributed by atoms with Crippen molar-refractivity contribution >= 4 is 22.7 Å². The molecule has 6 nitrogen and oxygen atoms in total. The van der Waals surface area contributed by atoms with Gasteiger partial charge >= 0.3 is 0 Å². The van der Waals surface area contributed by atoms with Crippen LogP contribution in [-0.2, 0) is 13.5 Å². The maximum absolute atomic E-state index is 12.4. The predicted molar refractivity (Wildman–Crippen MR) is 94.7 cm³/mol. The first-order valence-corrected chi connectivity index (χ1v) is 7.96. The Labute approximate surface area is 145 Å². The second kappa shape index (κ2) is 7.19. The van der Waals surface area contributed by atoms with E-state index >= 15 is 0 Å². The zero-order chi connectivity index (χ0) is 17.8. The molecule has 1 aromatic heterocycles. The van der Waals surface area contributed by atoms with Crippen molar-refractivity contribution in [2.24, 2.45) is 7.05 Å². The summed E-state index contributed by atoms with van der Waals surface area (Å²) < 4.78 is 1.88. The summed E-state index contributed by atoms with van der Waals surface area (Å²) in [5, 5.41) is 12.5. The first-order chi connectivity index (χ1) is 12.1. The lowest BCUT2D eigenvalue weighted by Crippen LogP contribution is -2.27. The van der Waals surface area contributed by atoms with E-state index in [0.29, 0.717) is 24.2 Å². The highest BCUT2D eigenvalue weighted by molar-refractivity contribution is 5.98. The van der Waals surface area contributed by atoms with E-state index in [0.717, 1.165) is 16.5 Å². The number of nitrogens with zero attached hydrogens (tertiary/aromatic N) is 1. The van der Waals surface area contributed by atoms with E-state index in [1.165, 1.54) is 0 Å². The van der Waals surface area contributed by atoms with E-state index in [9.17, 15) is 9.59 Å². The third-order valence-electron chi connectivity index (χ3n) is 4.20. The number of carbonyl (C=O) groups is 2. The molecule has 25 heavy (non-hydrogen) atoms. The molecule has 3 aromatic rings. The molecule has 128 valence electrons. The molecule has 1 heterocycles. The van der Waals surface area contributed by atoms with Gasteiger partial charge in [-0.15, -0.1) is 0 Å². The van der Waals surface area contributed by atoms with Crippen LogP contribution >= 0.6 is 0 Å².